The molecule has 0 aromatic heterocycles. The maximum Gasteiger partial charge on any atom is 0.0907 e. The third-order valence-electron chi connectivity index (χ3n) is 1.35. The van der Waals surface area contributed by atoms with Gasteiger partial charge in [-0.2, -0.15) is 0 Å². The van der Waals surface area contributed by atoms with E-state index >= 15 is 0 Å². The van der Waals surface area contributed by atoms with Crippen molar-refractivity contribution in [2.24, 2.45) is 0 Å². The molecule has 12 heavy (non-hydrogen) atoms. The first-order valence-electron chi connectivity index (χ1n) is 3.91. The average Bonchev–Trinajstić information content (AvgIpc) is 2.14. The molecular formula is C11H12O. The number of allylic oxidation sites excluding steroid dienone is 1. The minimum atomic E-state index is 1.14. The molecule has 0 amide bonds. The van der Waals surface area contributed by atoms with Crippen molar-refractivity contribution >= 4 is 6.08 Å². The molecule has 0 heterocycles. The van der Waals surface area contributed by atoms with Crippen LogP contribution in [0.5, 0.6) is 0 Å². The monoisotopic (exact) mass is 160 g/mol. The highest BCUT2D eigenvalue weighted by atomic mass is 16.5. The van der Waals surface area contributed by atoms with Crippen LogP contribution in [0.1, 0.15) is 12.5 Å². The Hall–Kier alpha value is -1.50. The second kappa shape index (κ2) is 5.19. The minimum Gasteiger partial charge on any atom is -0.473 e. The summed E-state index contributed by atoms with van der Waals surface area (Å²) in [5.74, 6) is 0. The number of ether oxygens (including phenoxy) is 1. The molecule has 0 spiro atoms. The maximum absolute atomic E-state index is 5.03. The standard InChI is InChI=1S/C11H12O/c1-2-9-12-10-8-11-6-4-3-5-7-11/h2-10H,1H3/b9-2+,10-8+. The third kappa shape index (κ3) is 3.06. The lowest BCUT2D eigenvalue weighted by Crippen LogP contribution is -1.69. The zero-order valence-corrected chi connectivity index (χ0v) is 7.10. The van der Waals surface area contributed by atoms with E-state index in [2.05, 4.69) is 0 Å². The van der Waals surface area contributed by atoms with Crippen LogP contribution in [0, 0.1) is 0 Å². The Morgan fingerprint density at radius 1 is 1.08 bits per heavy atom. The van der Waals surface area contributed by atoms with Crippen molar-refractivity contribution in [3.8, 4) is 0 Å². The van der Waals surface area contributed by atoms with Crippen molar-refractivity contribution in [2.75, 3.05) is 0 Å². The van der Waals surface area contributed by atoms with Gasteiger partial charge in [0.2, 0.25) is 0 Å². The van der Waals surface area contributed by atoms with E-state index in [1.165, 1.54) is 0 Å². The van der Waals surface area contributed by atoms with Gasteiger partial charge in [0.25, 0.3) is 0 Å². The average molecular weight is 160 g/mol. The molecule has 0 aliphatic heterocycles. The van der Waals surface area contributed by atoms with Crippen LogP contribution in [0.2, 0.25) is 0 Å². The molecule has 0 N–H and O–H groups in total. The summed E-state index contributed by atoms with van der Waals surface area (Å²) in [6.45, 7) is 1.91. The van der Waals surface area contributed by atoms with Crippen LogP contribution in [0.3, 0.4) is 0 Å². The van der Waals surface area contributed by atoms with Gasteiger partial charge < -0.3 is 4.74 Å². The van der Waals surface area contributed by atoms with Crippen molar-refractivity contribution in [3.05, 3.63) is 54.5 Å². The van der Waals surface area contributed by atoms with E-state index in [0.29, 0.717) is 0 Å². The summed E-state index contributed by atoms with van der Waals surface area (Å²) < 4.78 is 5.03. The Morgan fingerprint density at radius 2 is 1.83 bits per heavy atom. The highest BCUT2D eigenvalue weighted by Gasteiger charge is 1.80. The summed E-state index contributed by atoms with van der Waals surface area (Å²) in [6, 6.07) is 10.0. The summed E-state index contributed by atoms with van der Waals surface area (Å²) in [6.07, 6.45) is 7.06. The van der Waals surface area contributed by atoms with Gasteiger partial charge in [0.15, 0.2) is 0 Å². The summed E-state index contributed by atoms with van der Waals surface area (Å²) >= 11 is 0. The second-order valence-corrected chi connectivity index (χ2v) is 2.32. The van der Waals surface area contributed by atoms with Gasteiger partial charge in [-0.1, -0.05) is 36.4 Å². The number of hydrogen-bond donors (Lipinski definition) is 0. The molecule has 0 bridgehead atoms. The molecule has 1 aromatic carbocycles. The normalized spacial score (nSPS) is 11.1. The topological polar surface area (TPSA) is 9.23 Å². The number of benzene rings is 1. The molecule has 1 aromatic rings. The van der Waals surface area contributed by atoms with Crippen molar-refractivity contribution in [1.82, 2.24) is 0 Å². The van der Waals surface area contributed by atoms with E-state index in [0.717, 1.165) is 5.56 Å². The zero-order chi connectivity index (χ0) is 8.65. The largest absolute Gasteiger partial charge is 0.473 e. The maximum atomic E-state index is 5.03. The van der Waals surface area contributed by atoms with Crippen LogP contribution in [0.25, 0.3) is 6.08 Å². The van der Waals surface area contributed by atoms with Gasteiger partial charge in [0, 0.05) is 0 Å². The molecule has 0 atom stereocenters. The van der Waals surface area contributed by atoms with E-state index in [4.69, 9.17) is 4.74 Å². The van der Waals surface area contributed by atoms with Gasteiger partial charge in [0.1, 0.15) is 0 Å². The number of rotatable bonds is 3. The Balaban J connectivity index is 2.47. The lowest BCUT2D eigenvalue weighted by Gasteiger charge is -1.90. The molecule has 1 nitrogen and oxygen atoms in total. The molecule has 0 aliphatic rings. The lowest BCUT2D eigenvalue weighted by molar-refractivity contribution is 0.405. The summed E-state index contributed by atoms with van der Waals surface area (Å²) in [7, 11) is 0. The van der Waals surface area contributed by atoms with Crippen molar-refractivity contribution in [1.29, 1.82) is 0 Å². The van der Waals surface area contributed by atoms with Crippen LogP contribution in [0.4, 0.5) is 0 Å². The number of hydrogen-bond acceptors (Lipinski definition) is 1. The highest BCUT2D eigenvalue weighted by molar-refractivity contribution is 5.47. The molecule has 0 aliphatic carbocycles. The lowest BCUT2D eigenvalue weighted by atomic mass is 10.2. The van der Waals surface area contributed by atoms with E-state index in [-0.39, 0.29) is 0 Å². The van der Waals surface area contributed by atoms with Gasteiger partial charge in [-0.3, -0.25) is 0 Å². The fourth-order valence-corrected chi connectivity index (χ4v) is 0.806. The molecule has 62 valence electrons. The molecule has 1 heteroatoms. The Bertz CT molecular complexity index is 260. The van der Waals surface area contributed by atoms with E-state index < -0.39 is 0 Å². The first-order chi connectivity index (χ1) is 5.93. The van der Waals surface area contributed by atoms with E-state index in [1.54, 1.807) is 12.5 Å². The van der Waals surface area contributed by atoms with Gasteiger partial charge in [-0.15, -0.1) is 0 Å². The Labute approximate surface area is 73.0 Å². The van der Waals surface area contributed by atoms with Gasteiger partial charge in [-0.05, 0) is 18.6 Å². The van der Waals surface area contributed by atoms with Crippen LogP contribution in [-0.4, -0.2) is 0 Å². The second-order valence-electron chi connectivity index (χ2n) is 2.32. The molecule has 0 radical (unpaired) electrons. The third-order valence-corrected chi connectivity index (χ3v) is 1.35. The smallest absolute Gasteiger partial charge is 0.0907 e. The van der Waals surface area contributed by atoms with Crippen LogP contribution in [0.15, 0.2) is 48.9 Å². The van der Waals surface area contributed by atoms with Crippen molar-refractivity contribution in [2.45, 2.75) is 6.92 Å². The zero-order valence-electron chi connectivity index (χ0n) is 7.10. The fraction of sp³-hybridized carbons (Fsp3) is 0.0909. The Kier molecular flexibility index (Phi) is 3.72. The predicted octanol–water partition coefficient (Wildman–Crippen LogP) is 3.21. The minimum absolute atomic E-state index is 1.14. The molecule has 0 saturated heterocycles. The van der Waals surface area contributed by atoms with Crippen LogP contribution < -0.4 is 0 Å². The van der Waals surface area contributed by atoms with Crippen molar-refractivity contribution < 1.29 is 4.74 Å². The van der Waals surface area contributed by atoms with Crippen molar-refractivity contribution in [3.63, 3.8) is 0 Å². The first kappa shape index (κ1) is 8.60. The van der Waals surface area contributed by atoms with Crippen LogP contribution >= 0.6 is 0 Å². The van der Waals surface area contributed by atoms with E-state index in [1.807, 2.05) is 49.4 Å². The highest BCUT2D eigenvalue weighted by Crippen LogP contribution is 2.00. The van der Waals surface area contributed by atoms with Gasteiger partial charge in [-0.25, -0.2) is 0 Å². The summed E-state index contributed by atoms with van der Waals surface area (Å²) in [5.41, 5.74) is 1.14. The summed E-state index contributed by atoms with van der Waals surface area (Å²) in [4.78, 5) is 0. The van der Waals surface area contributed by atoms with Gasteiger partial charge in [0.05, 0.1) is 12.5 Å². The van der Waals surface area contributed by atoms with Crippen LogP contribution in [-0.2, 0) is 4.74 Å². The van der Waals surface area contributed by atoms with E-state index in [9.17, 15) is 0 Å². The first-order valence-corrected chi connectivity index (χ1v) is 3.91. The molecule has 0 saturated carbocycles. The molecule has 1 rings (SSSR count). The fourth-order valence-electron chi connectivity index (χ4n) is 0.806. The van der Waals surface area contributed by atoms with Gasteiger partial charge >= 0.3 is 0 Å². The molecule has 0 unspecified atom stereocenters. The predicted molar refractivity (Wildman–Crippen MR) is 51.4 cm³/mol. The molecule has 0 fully saturated rings. The molecular weight excluding hydrogens is 148 g/mol. The quantitative estimate of drug-likeness (QED) is 0.617. The Morgan fingerprint density at radius 3 is 2.50 bits per heavy atom. The SMILES string of the molecule is C/C=C/O/C=C/c1ccccc1. The summed E-state index contributed by atoms with van der Waals surface area (Å²) in [5, 5.41) is 0.